The van der Waals surface area contributed by atoms with Gasteiger partial charge in [0, 0.05) is 12.1 Å². The third-order valence-electron chi connectivity index (χ3n) is 4.15. The Labute approximate surface area is 145 Å². The number of hydrogen-bond acceptors (Lipinski definition) is 2. The number of carbonyl (C=O) groups excluding carboxylic acids is 1. The zero-order valence-corrected chi connectivity index (χ0v) is 14.7. The normalized spacial score (nSPS) is 12.2. The minimum atomic E-state index is 0.140. The zero-order valence-electron chi connectivity index (χ0n) is 14.7. The van der Waals surface area contributed by atoms with Gasteiger partial charge in [-0.3, -0.25) is 4.79 Å². The zero-order chi connectivity index (χ0) is 17.4. The molecule has 0 spiro atoms. The molecule has 0 aliphatic heterocycles. The number of nitrogens with two attached hydrogens (primary N) is 1. The summed E-state index contributed by atoms with van der Waals surface area (Å²) in [5, 5.41) is 0. The van der Waals surface area contributed by atoms with Gasteiger partial charge < -0.3 is 10.6 Å². The summed E-state index contributed by atoms with van der Waals surface area (Å²) in [6, 6.07) is 20.0. The minimum Gasteiger partial charge on any atom is -0.330 e. The first-order valence-electron chi connectivity index (χ1n) is 8.69. The highest BCUT2D eigenvalue weighted by Crippen LogP contribution is 2.21. The van der Waals surface area contributed by atoms with Crippen molar-refractivity contribution in [2.75, 3.05) is 11.4 Å². The Kier molecular flexibility index (Phi) is 7.01. The quantitative estimate of drug-likeness (QED) is 0.790. The number of amides is 1. The summed E-state index contributed by atoms with van der Waals surface area (Å²) in [5.41, 5.74) is 7.95. The Balaban J connectivity index is 2.17. The number of carbonyl (C=O) groups is 1. The molecule has 0 fully saturated rings. The maximum atomic E-state index is 13.0. The lowest BCUT2D eigenvalue weighted by molar-refractivity contribution is -0.119. The van der Waals surface area contributed by atoms with Crippen LogP contribution in [0.3, 0.4) is 0 Å². The van der Waals surface area contributed by atoms with E-state index in [4.69, 9.17) is 5.73 Å². The van der Waals surface area contributed by atoms with Crippen LogP contribution in [0.2, 0.25) is 0 Å². The summed E-state index contributed by atoms with van der Waals surface area (Å²) >= 11 is 0. The molecule has 2 rings (SSSR count). The first-order valence-corrected chi connectivity index (χ1v) is 8.69. The van der Waals surface area contributed by atoms with Crippen molar-refractivity contribution in [2.24, 2.45) is 17.6 Å². The van der Waals surface area contributed by atoms with Gasteiger partial charge in [0.25, 0.3) is 0 Å². The van der Waals surface area contributed by atoms with Gasteiger partial charge in [0.15, 0.2) is 0 Å². The molecule has 0 radical (unpaired) electrons. The third kappa shape index (κ3) is 5.50. The Morgan fingerprint density at radius 3 is 2.12 bits per heavy atom. The lowest BCUT2D eigenvalue weighted by Gasteiger charge is -2.26. The van der Waals surface area contributed by atoms with Crippen LogP contribution >= 0.6 is 0 Å². The molecular weight excluding hydrogens is 296 g/mol. The van der Waals surface area contributed by atoms with Crippen LogP contribution in [0.4, 0.5) is 5.69 Å². The molecule has 0 saturated heterocycles. The summed E-state index contributed by atoms with van der Waals surface area (Å²) in [6.07, 6.45) is 1.48. The van der Waals surface area contributed by atoms with Crippen LogP contribution in [0.5, 0.6) is 0 Å². The van der Waals surface area contributed by atoms with Crippen LogP contribution in [-0.2, 0) is 11.3 Å². The fourth-order valence-electron chi connectivity index (χ4n) is 2.98. The number of nitrogens with zero attached hydrogens (tertiary/aromatic N) is 1. The molecule has 1 unspecified atom stereocenters. The van der Waals surface area contributed by atoms with Crippen molar-refractivity contribution in [2.45, 2.75) is 33.2 Å². The molecule has 0 aliphatic carbocycles. The second-order valence-corrected chi connectivity index (χ2v) is 6.74. The van der Waals surface area contributed by atoms with Crippen molar-refractivity contribution in [3.8, 4) is 0 Å². The van der Waals surface area contributed by atoms with E-state index in [-0.39, 0.29) is 11.8 Å². The van der Waals surface area contributed by atoms with Gasteiger partial charge in [0.2, 0.25) is 5.91 Å². The van der Waals surface area contributed by atoms with Gasteiger partial charge >= 0.3 is 0 Å². The minimum absolute atomic E-state index is 0.140. The average molecular weight is 324 g/mol. The van der Waals surface area contributed by atoms with E-state index in [1.807, 2.05) is 53.4 Å². The molecule has 3 nitrogen and oxygen atoms in total. The van der Waals surface area contributed by atoms with Gasteiger partial charge in [-0.05, 0) is 42.5 Å². The molecule has 0 heterocycles. The van der Waals surface area contributed by atoms with Gasteiger partial charge in [-0.2, -0.15) is 0 Å². The second kappa shape index (κ2) is 9.24. The van der Waals surface area contributed by atoms with Gasteiger partial charge in [-0.15, -0.1) is 0 Å². The number of rotatable bonds is 8. The number of hydrogen-bond donors (Lipinski definition) is 1. The van der Waals surface area contributed by atoms with Crippen molar-refractivity contribution >= 4 is 11.6 Å². The SMILES string of the molecule is CC(C)CC(CN)CC(=O)N(Cc1ccccc1)c1ccccc1. The Morgan fingerprint density at radius 2 is 1.58 bits per heavy atom. The molecule has 2 aromatic rings. The predicted molar refractivity (Wildman–Crippen MR) is 101 cm³/mol. The van der Waals surface area contributed by atoms with Crippen molar-refractivity contribution < 1.29 is 4.79 Å². The van der Waals surface area contributed by atoms with E-state index in [9.17, 15) is 4.79 Å². The van der Waals surface area contributed by atoms with E-state index in [1.165, 1.54) is 0 Å². The van der Waals surface area contributed by atoms with Crippen LogP contribution < -0.4 is 10.6 Å². The largest absolute Gasteiger partial charge is 0.330 e. The van der Waals surface area contributed by atoms with Gasteiger partial charge in [-0.25, -0.2) is 0 Å². The van der Waals surface area contributed by atoms with E-state index in [1.54, 1.807) is 0 Å². The van der Waals surface area contributed by atoms with E-state index >= 15 is 0 Å². The molecule has 2 N–H and O–H groups in total. The Bertz CT molecular complexity index is 610. The second-order valence-electron chi connectivity index (χ2n) is 6.74. The summed E-state index contributed by atoms with van der Waals surface area (Å²) < 4.78 is 0. The fourth-order valence-corrected chi connectivity index (χ4v) is 2.98. The van der Waals surface area contributed by atoms with Gasteiger partial charge in [-0.1, -0.05) is 62.4 Å². The lowest BCUT2D eigenvalue weighted by Crippen LogP contribution is -2.33. The number of anilines is 1. The standard InChI is InChI=1S/C21H28N2O/c1-17(2)13-19(15-22)14-21(24)23(20-11-7-4-8-12-20)16-18-9-5-3-6-10-18/h3-12,17,19H,13-16,22H2,1-2H3. The monoisotopic (exact) mass is 324 g/mol. The predicted octanol–water partition coefficient (Wildman–Crippen LogP) is 4.23. The van der Waals surface area contributed by atoms with E-state index < -0.39 is 0 Å². The molecule has 128 valence electrons. The first-order chi connectivity index (χ1) is 11.6. The van der Waals surface area contributed by atoms with Crippen LogP contribution in [-0.4, -0.2) is 12.5 Å². The van der Waals surface area contributed by atoms with Gasteiger partial charge in [0.05, 0.1) is 6.54 Å². The van der Waals surface area contributed by atoms with Crippen molar-refractivity contribution in [1.29, 1.82) is 0 Å². The van der Waals surface area contributed by atoms with Crippen molar-refractivity contribution in [3.63, 3.8) is 0 Å². The van der Waals surface area contributed by atoms with Crippen LogP contribution in [0.15, 0.2) is 60.7 Å². The van der Waals surface area contributed by atoms with Crippen molar-refractivity contribution in [1.82, 2.24) is 0 Å². The van der Waals surface area contributed by atoms with E-state index in [0.717, 1.165) is 17.7 Å². The third-order valence-corrected chi connectivity index (χ3v) is 4.15. The molecule has 0 bridgehead atoms. The molecule has 0 aromatic heterocycles. The number of para-hydroxylation sites is 1. The summed E-state index contributed by atoms with van der Waals surface area (Å²) in [7, 11) is 0. The Hall–Kier alpha value is -2.13. The molecule has 1 atom stereocenters. The van der Waals surface area contributed by atoms with Crippen molar-refractivity contribution in [3.05, 3.63) is 66.2 Å². The average Bonchev–Trinajstić information content (AvgIpc) is 2.60. The van der Waals surface area contributed by atoms with Crippen LogP contribution in [0.1, 0.15) is 32.3 Å². The summed E-state index contributed by atoms with van der Waals surface area (Å²) in [4.78, 5) is 14.8. The highest BCUT2D eigenvalue weighted by Gasteiger charge is 2.20. The molecule has 3 heteroatoms. The maximum Gasteiger partial charge on any atom is 0.227 e. The first kappa shape index (κ1) is 18.2. The smallest absolute Gasteiger partial charge is 0.227 e. The number of benzene rings is 2. The lowest BCUT2D eigenvalue weighted by atomic mass is 9.93. The summed E-state index contributed by atoms with van der Waals surface area (Å²) in [6.45, 7) is 5.48. The summed E-state index contributed by atoms with van der Waals surface area (Å²) in [5.74, 6) is 0.922. The topological polar surface area (TPSA) is 46.3 Å². The molecule has 24 heavy (non-hydrogen) atoms. The Morgan fingerprint density at radius 1 is 1.00 bits per heavy atom. The van der Waals surface area contributed by atoms with E-state index in [0.29, 0.717) is 25.4 Å². The molecule has 1 amide bonds. The van der Waals surface area contributed by atoms with Crippen LogP contribution in [0.25, 0.3) is 0 Å². The molecule has 0 saturated carbocycles. The maximum absolute atomic E-state index is 13.0. The highest BCUT2D eigenvalue weighted by molar-refractivity contribution is 5.93. The molecule has 2 aromatic carbocycles. The van der Waals surface area contributed by atoms with E-state index in [2.05, 4.69) is 26.0 Å². The highest BCUT2D eigenvalue weighted by atomic mass is 16.2. The van der Waals surface area contributed by atoms with Gasteiger partial charge in [0.1, 0.15) is 0 Å². The van der Waals surface area contributed by atoms with Crippen LogP contribution in [0, 0.1) is 11.8 Å². The molecular formula is C21H28N2O. The fraction of sp³-hybridized carbons (Fsp3) is 0.381. The molecule has 0 aliphatic rings.